The number of nitro groups is 1. The molecule has 2 aliphatic rings. The number of nitrogens with zero attached hydrogens (tertiary/aromatic N) is 4. The Morgan fingerprint density at radius 1 is 1.46 bits per heavy atom. The van der Waals surface area contributed by atoms with Crippen LogP contribution >= 0.6 is 11.6 Å². The zero-order valence-corrected chi connectivity index (χ0v) is 14.8. The Morgan fingerprint density at radius 2 is 2.31 bits per heavy atom. The molecule has 1 amide bonds. The predicted octanol–water partition coefficient (Wildman–Crippen LogP) is 2.18. The number of benzene rings is 1. The first-order chi connectivity index (χ1) is 12.5. The highest BCUT2D eigenvalue weighted by atomic mass is 35.5. The molecule has 140 valence electrons. The molecule has 0 spiro atoms. The zero-order valence-electron chi connectivity index (χ0n) is 14.0. The molecule has 1 atom stereocenters. The first-order valence-corrected chi connectivity index (χ1v) is 8.65. The third-order valence-electron chi connectivity index (χ3n) is 4.26. The fraction of sp³-hybridized carbons (Fsp3) is 0.500. The van der Waals surface area contributed by atoms with E-state index in [2.05, 4.69) is 5.10 Å². The van der Waals surface area contributed by atoms with Crippen LogP contribution in [0.3, 0.4) is 0 Å². The number of hydrazone groups is 1. The molecule has 2 fully saturated rings. The van der Waals surface area contributed by atoms with E-state index in [1.54, 1.807) is 29.2 Å². The second-order valence-electron chi connectivity index (χ2n) is 6.15. The standard InChI is InChI=1S/C16H19ClN4O5/c17-14-3-1-2-12(8-14)11-26-16(22)20-6-5-19(15(20)18-21(23)24)9-13-4-7-25-10-13/h1-3,8,13H,4-7,9-11H2. The molecule has 9 nitrogen and oxygen atoms in total. The fourth-order valence-electron chi connectivity index (χ4n) is 3.02. The highest BCUT2D eigenvalue weighted by Crippen LogP contribution is 2.19. The van der Waals surface area contributed by atoms with Crippen LogP contribution in [0, 0.1) is 16.0 Å². The van der Waals surface area contributed by atoms with Gasteiger partial charge in [0.2, 0.25) is 0 Å². The molecule has 1 aromatic carbocycles. The summed E-state index contributed by atoms with van der Waals surface area (Å²) in [4.78, 5) is 26.2. The van der Waals surface area contributed by atoms with Gasteiger partial charge in [0.05, 0.1) is 13.2 Å². The molecule has 2 saturated heterocycles. The van der Waals surface area contributed by atoms with Crippen LogP contribution in [-0.2, 0) is 16.1 Å². The second-order valence-corrected chi connectivity index (χ2v) is 6.59. The van der Waals surface area contributed by atoms with Crippen LogP contribution in [0.1, 0.15) is 12.0 Å². The normalized spacial score (nSPS) is 21.4. The average molecular weight is 383 g/mol. The molecule has 3 rings (SSSR count). The van der Waals surface area contributed by atoms with Gasteiger partial charge in [-0.2, -0.15) is 0 Å². The lowest BCUT2D eigenvalue weighted by Gasteiger charge is -2.21. The maximum absolute atomic E-state index is 12.4. The minimum Gasteiger partial charge on any atom is -0.444 e. The minimum atomic E-state index is -0.796. The van der Waals surface area contributed by atoms with Crippen LogP contribution in [0.2, 0.25) is 5.02 Å². The molecule has 0 aliphatic carbocycles. The number of rotatable bonds is 5. The Morgan fingerprint density at radius 3 is 3.00 bits per heavy atom. The number of halogens is 1. The van der Waals surface area contributed by atoms with Crippen molar-refractivity contribution in [2.45, 2.75) is 13.0 Å². The van der Waals surface area contributed by atoms with Crippen molar-refractivity contribution in [2.75, 3.05) is 32.8 Å². The minimum absolute atomic E-state index is 0.0120. The number of hydrogen-bond acceptors (Lipinski definition) is 5. The predicted molar refractivity (Wildman–Crippen MR) is 93.3 cm³/mol. The molecule has 2 heterocycles. The fourth-order valence-corrected chi connectivity index (χ4v) is 3.23. The summed E-state index contributed by atoms with van der Waals surface area (Å²) < 4.78 is 10.6. The maximum Gasteiger partial charge on any atom is 0.417 e. The first-order valence-electron chi connectivity index (χ1n) is 8.27. The van der Waals surface area contributed by atoms with Gasteiger partial charge in [-0.05, 0) is 24.1 Å². The van der Waals surface area contributed by atoms with Crippen LogP contribution < -0.4 is 0 Å². The van der Waals surface area contributed by atoms with Gasteiger partial charge in [-0.3, -0.25) is 0 Å². The maximum atomic E-state index is 12.4. The van der Waals surface area contributed by atoms with E-state index in [1.165, 1.54) is 4.90 Å². The van der Waals surface area contributed by atoms with Gasteiger partial charge in [0, 0.05) is 30.6 Å². The monoisotopic (exact) mass is 382 g/mol. The van der Waals surface area contributed by atoms with E-state index in [0.29, 0.717) is 31.3 Å². The van der Waals surface area contributed by atoms with Crippen molar-refractivity contribution in [3.63, 3.8) is 0 Å². The highest BCUT2D eigenvalue weighted by Gasteiger charge is 2.36. The summed E-state index contributed by atoms with van der Waals surface area (Å²) in [5.41, 5.74) is 0.734. The molecule has 26 heavy (non-hydrogen) atoms. The Bertz CT molecular complexity index is 708. The van der Waals surface area contributed by atoms with Crippen molar-refractivity contribution in [3.05, 3.63) is 45.0 Å². The molecule has 0 N–H and O–H groups in total. The molecule has 1 aromatic rings. The van der Waals surface area contributed by atoms with Crippen molar-refractivity contribution < 1.29 is 19.3 Å². The summed E-state index contributed by atoms with van der Waals surface area (Å²) in [5, 5.41) is 14.0. The van der Waals surface area contributed by atoms with Gasteiger partial charge in [0.25, 0.3) is 5.96 Å². The molecule has 10 heteroatoms. The summed E-state index contributed by atoms with van der Waals surface area (Å²) in [5.74, 6) is 0.285. The molecule has 0 aromatic heterocycles. The molecule has 0 radical (unpaired) electrons. The van der Waals surface area contributed by atoms with Crippen LogP contribution in [0.4, 0.5) is 4.79 Å². The van der Waals surface area contributed by atoms with Crippen molar-refractivity contribution in [3.8, 4) is 0 Å². The molecular formula is C16H19ClN4O5. The van der Waals surface area contributed by atoms with E-state index >= 15 is 0 Å². The second kappa shape index (κ2) is 8.33. The Hall–Kier alpha value is -2.39. The molecule has 0 bridgehead atoms. The SMILES string of the molecule is O=C(OCc1cccc(Cl)c1)N1CCN(CC2CCOC2)C1=N[N+](=O)[O-]. The van der Waals surface area contributed by atoms with Gasteiger partial charge >= 0.3 is 6.09 Å². The van der Waals surface area contributed by atoms with Crippen molar-refractivity contribution in [2.24, 2.45) is 11.0 Å². The lowest BCUT2D eigenvalue weighted by molar-refractivity contribution is -0.486. The van der Waals surface area contributed by atoms with Crippen molar-refractivity contribution in [1.82, 2.24) is 9.80 Å². The molecule has 1 unspecified atom stereocenters. The zero-order chi connectivity index (χ0) is 18.5. The number of amides is 1. The number of ether oxygens (including phenoxy) is 2. The van der Waals surface area contributed by atoms with Crippen LogP contribution in [0.15, 0.2) is 29.4 Å². The smallest absolute Gasteiger partial charge is 0.417 e. The highest BCUT2D eigenvalue weighted by molar-refractivity contribution is 6.30. The number of carbonyl (C=O) groups is 1. The summed E-state index contributed by atoms with van der Waals surface area (Å²) in [7, 11) is 0. The van der Waals surface area contributed by atoms with Crippen LogP contribution in [0.25, 0.3) is 0 Å². The van der Waals surface area contributed by atoms with Gasteiger partial charge in [0.15, 0.2) is 5.03 Å². The molecule has 2 aliphatic heterocycles. The van der Waals surface area contributed by atoms with E-state index in [9.17, 15) is 14.9 Å². The summed E-state index contributed by atoms with van der Waals surface area (Å²) >= 11 is 5.91. The Balaban J connectivity index is 1.64. The largest absolute Gasteiger partial charge is 0.444 e. The lowest BCUT2D eigenvalue weighted by Crippen LogP contribution is -2.40. The molecular weight excluding hydrogens is 364 g/mol. The van der Waals surface area contributed by atoms with E-state index < -0.39 is 11.1 Å². The van der Waals surface area contributed by atoms with Gasteiger partial charge in [-0.25, -0.2) is 19.8 Å². The van der Waals surface area contributed by atoms with Gasteiger partial charge in [0.1, 0.15) is 11.7 Å². The van der Waals surface area contributed by atoms with E-state index in [-0.39, 0.29) is 25.0 Å². The van der Waals surface area contributed by atoms with E-state index in [0.717, 1.165) is 12.0 Å². The third kappa shape index (κ3) is 4.61. The Kier molecular flexibility index (Phi) is 5.89. The topological polar surface area (TPSA) is 97.5 Å². The van der Waals surface area contributed by atoms with Gasteiger partial charge in [-0.15, -0.1) is 0 Å². The van der Waals surface area contributed by atoms with E-state index in [1.807, 2.05) is 0 Å². The van der Waals surface area contributed by atoms with Crippen molar-refractivity contribution >= 4 is 23.7 Å². The third-order valence-corrected chi connectivity index (χ3v) is 4.50. The summed E-state index contributed by atoms with van der Waals surface area (Å²) in [6.45, 7) is 2.64. The lowest BCUT2D eigenvalue weighted by atomic mass is 10.1. The average Bonchev–Trinajstić information content (AvgIpc) is 3.24. The van der Waals surface area contributed by atoms with Gasteiger partial charge in [-0.1, -0.05) is 23.7 Å². The summed E-state index contributed by atoms with van der Waals surface area (Å²) in [6, 6.07) is 6.95. The summed E-state index contributed by atoms with van der Waals surface area (Å²) in [6.07, 6.45) is 0.220. The Labute approximate surface area is 155 Å². The number of carbonyl (C=O) groups excluding carboxylic acids is 1. The first kappa shape index (κ1) is 18.4. The number of hydrogen-bond donors (Lipinski definition) is 0. The van der Waals surface area contributed by atoms with Gasteiger partial charge < -0.3 is 14.4 Å². The van der Waals surface area contributed by atoms with Crippen LogP contribution in [-0.4, -0.2) is 59.7 Å². The van der Waals surface area contributed by atoms with Crippen molar-refractivity contribution in [1.29, 1.82) is 0 Å². The van der Waals surface area contributed by atoms with E-state index in [4.69, 9.17) is 21.1 Å². The van der Waals surface area contributed by atoms with Crippen LogP contribution in [0.5, 0.6) is 0 Å². The quantitative estimate of drug-likeness (QED) is 0.572. The molecule has 0 saturated carbocycles. The number of guanidine groups is 1.